The van der Waals surface area contributed by atoms with Crippen LogP contribution in [0.4, 0.5) is 0 Å². The maximum atomic E-state index is 10.4. The Morgan fingerprint density at radius 1 is 1.53 bits per heavy atom. The third-order valence-corrected chi connectivity index (χ3v) is 2.35. The molecule has 2 rings (SSSR count). The predicted octanol–water partition coefficient (Wildman–Crippen LogP) is 0.796. The molecule has 2 aromatic rings. The summed E-state index contributed by atoms with van der Waals surface area (Å²) in [6.45, 7) is 1.91. The fourth-order valence-electron chi connectivity index (χ4n) is 1.34. The van der Waals surface area contributed by atoms with Crippen molar-refractivity contribution < 1.29 is 14.3 Å². The van der Waals surface area contributed by atoms with Crippen molar-refractivity contribution >= 4 is 5.97 Å². The highest BCUT2D eigenvalue weighted by molar-refractivity contribution is 5.66. The number of hydrogen-bond donors (Lipinski definition) is 1. The molecule has 0 radical (unpaired) electrons. The van der Waals surface area contributed by atoms with E-state index in [1.807, 2.05) is 20.0 Å². The minimum atomic E-state index is -0.890. The first-order valence-corrected chi connectivity index (χ1v) is 5.11. The number of nitrogens with zero attached hydrogens (tertiary/aromatic N) is 4. The lowest BCUT2D eigenvalue weighted by atomic mass is 10.3. The summed E-state index contributed by atoms with van der Waals surface area (Å²) in [7, 11) is 1.82. The maximum Gasteiger partial charge on any atom is 0.303 e. The Kier molecular flexibility index (Phi) is 2.90. The van der Waals surface area contributed by atoms with Gasteiger partial charge in [0.25, 0.3) is 5.89 Å². The molecule has 0 saturated heterocycles. The van der Waals surface area contributed by atoms with Gasteiger partial charge in [-0.25, -0.2) is 0 Å². The summed E-state index contributed by atoms with van der Waals surface area (Å²) in [5.41, 5.74) is 1.57. The number of carbonyl (C=O) groups is 1. The standard InChI is InChI=1S/C10H12N4O3/c1-6-5-7(13-14(6)2)10-12-11-8(17-10)3-4-9(15)16/h5H,3-4H2,1-2H3,(H,15,16). The molecule has 0 bridgehead atoms. The molecule has 0 aliphatic carbocycles. The molecule has 0 amide bonds. The lowest BCUT2D eigenvalue weighted by molar-refractivity contribution is -0.137. The fourth-order valence-corrected chi connectivity index (χ4v) is 1.34. The van der Waals surface area contributed by atoms with Crippen molar-refractivity contribution in [3.05, 3.63) is 17.7 Å². The van der Waals surface area contributed by atoms with Crippen LogP contribution in [-0.2, 0) is 18.3 Å². The second kappa shape index (κ2) is 4.36. The lowest BCUT2D eigenvalue weighted by Gasteiger charge is -1.89. The number of rotatable bonds is 4. The summed E-state index contributed by atoms with van der Waals surface area (Å²) >= 11 is 0. The first-order chi connectivity index (χ1) is 8.06. The van der Waals surface area contributed by atoms with Gasteiger partial charge >= 0.3 is 5.97 Å². The van der Waals surface area contributed by atoms with Gasteiger partial charge in [0.2, 0.25) is 5.89 Å². The van der Waals surface area contributed by atoms with Gasteiger partial charge in [-0.3, -0.25) is 9.48 Å². The molecule has 90 valence electrons. The first kappa shape index (κ1) is 11.3. The van der Waals surface area contributed by atoms with Crippen molar-refractivity contribution in [2.24, 2.45) is 7.05 Å². The molecule has 17 heavy (non-hydrogen) atoms. The molecule has 0 aliphatic rings. The second-order valence-corrected chi connectivity index (χ2v) is 3.69. The summed E-state index contributed by atoms with van der Waals surface area (Å²) in [6.07, 6.45) is 0.205. The monoisotopic (exact) mass is 236 g/mol. The molecule has 0 saturated carbocycles. The van der Waals surface area contributed by atoms with E-state index in [1.54, 1.807) is 4.68 Å². The molecule has 0 fully saturated rings. The van der Waals surface area contributed by atoms with Crippen LogP contribution < -0.4 is 0 Å². The average molecular weight is 236 g/mol. The van der Waals surface area contributed by atoms with Crippen molar-refractivity contribution in [3.63, 3.8) is 0 Å². The summed E-state index contributed by atoms with van der Waals surface area (Å²) in [6, 6.07) is 1.83. The highest BCUT2D eigenvalue weighted by atomic mass is 16.4. The topological polar surface area (TPSA) is 94.0 Å². The van der Waals surface area contributed by atoms with E-state index in [0.29, 0.717) is 17.5 Å². The van der Waals surface area contributed by atoms with Crippen molar-refractivity contribution in [1.82, 2.24) is 20.0 Å². The normalized spacial score (nSPS) is 10.7. The van der Waals surface area contributed by atoms with Gasteiger partial charge in [0.05, 0.1) is 6.42 Å². The molecular formula is C10H12N4O3. The number of aryl methyl sites for hydroxylation is 3. The third kappa shape index (κ3) is 2.49. The molecule has 0 atom stereocenters. The fraction of sp³-hybridized carbons (Fsp3) is 0.400. The molecule has 1 N–H and O–H groups in total. The Morgan fingerprint density at radius 3 is 2.88 bits per heavy atom. The van der Waals surface area contributed by atoms with Gasteiger partial charge in [0.1, 0.15) is 5.69 Å². The van der Waals surface area contributed by atoms with E-state index in [1.165, 1.54) is 0 Å². The number of aromatic nitrogens is 4. The maximum absolute atomic E-state index is 10.4. The van der Waals surface area contributed by atoms with Crippen molar-refractivity contribution in [2.75, 3.05) is 0 Å². The van der Waals surface area contributed by atoms with E-state index in [0.717, 1.165) is 5.69 Å². The van der Waals surface area contributed by atoms with Crippen LogP contribution in [0.15, 0.2) is 10.5 Å². The summed E-state index contributed by atoms with van der Waals surface area (Å²) < 4.78 is 7.03. The SMILES string of the molecule is Cc1cc(-c2nnc(CCC(=O)O)o2)nn1C. The molecule has 2 heterocycles. The van der Waals surface area contributed by atoms with Gasteiger partial charge in [-0.05, 0) is 13.0 Å². The van der Waals surface area contributed by atoms with Crippen LogP contribution >= 0.6 is 0 Å². The summed E-state index contributed by atoms with van der Waals surface area (Å²) in [4.78, 5) is 10.4. The molecule has 0 spiro atoms. The molecular weight excluding hydrogens is 224 g/mol. The van der Waals surface area contributed by atoms with Gasteiger partial charge in [0, 0.05) is 19.2 Å². The van der Waals surface area contributed by atoms with Crippen LogP contribution in [0.25, 0.3) is 11.6 Å². The van der Waals surface area contributed by atoms with Gasteiger partial charge in [0.15, 0.2) is 0 Å². The Hall–Kier alpha value is -2.18. The van der Waals surface area contributed by atoms with Crippen molar-refractivity contribution in [1.29, 1.82) is 0 Å². The zero-order valence-corrected chi connectivity index (χ0v) is 9.54. The van der Waals surface area contributed by atoms with Crippen LogP contribution in [-0.4, -0.2) is 31.1 Å². The zero-order valence-electron chi connectivity index (χ0n) is 9.54. The molecule has 0 aromatic carbocycles. The van der Waals surface area contributed by atoms with Crippen LogP contribution in [0.5, 0.6) is 0 Å². The number of carboxylic acid groups (broad SMARTS) is 1. The van der Waals surface area contributed by atoms with E-state index in [2.05, 4.69) is 15.3 Å². The summed E-state index contributed by atoms with van der Waals surface area (Å²) in [5.74, 6) is -0.266. The Balaban J connectivity index is 2.15. The van der Waals surface area contributed by atoms with Crippen LogP contribution in [0.1, 0.15) is 18.0 Å². The lowest BCUT2D eigenvalue weighted by Crippen LogP contribution is -1.97. The first-order valence-electron chi connectivity index (χ1n) is 5.11. The van der Waals surface area contributed by atoms with Gasteiger partial charge in [-0.15, -0.1) is 10.2 Å². The smallest absolute Gasteiger partial charge is 0.303 e. The highest BCUT2D eigenvalue weighted by Crippen LogP contribution is 2.17. The van der Waals surface area contributed by atoms with Gasteiger partial charge < -0.3 is 9.52 Å². The predicted molar refractivity (Wildman–Crippen MR) is 57.2 cm³/mol. The van der Waals surface area contributed by atoms with E-state index < -0.39 is 5.97 Å². The average Bonchev–Trinajstić information content (AvgIpc) is 2.84. The van der Waals surface area contributed by atoms with Crippen LogP contribution in [0, 0.1) is 6.92 Å². The van der Waals surface area contributed by atoms with E-state index >= 15 is 0 Å². The highest BCUT2D eigenvalue weighted by Gasteiger charge is 2.13. The van der Waals surface area contributed by atoms with Crippen molar-refractivity contribution in [3.8, 4) is 11.6 Å². The number of carboxylic acids is 1. The molecule has 0 unspecified atom stereocenters. The minimum absolute atomic E-state index is 0.0249. The van der Waals surface area contributed by atoms with Crippen molar-refractivity contribution in [2.45, 2.75) is 19.8 Å². The summed E-state index contributed by atoms with van der Waals surface area (Å²) in [5, 5.41) is 20.3. The Bertz CT molecular complexity index is 524. The third-order valence-electron chi connectivity index (χ3n) is 2.35. The largest absolute Gasteiger partial charge is 0.481 e. The van der Waals surface area contributed by atoms with E-state index in [4.69, 9.17) is 9.52 Å². The van der Waals surface area contributed by atoms with Gasteiger partial charge in [-0.2, -0.15) is 5.10 Å². The van der Waals surface area contributed by atoms with Crippen LogP contribution in [0.2, 0.25) is 0 Å². The Morgan fingerprint density at radius 2 is 2.29 bits per heavy atom. The van der Waals surface area contributed by atoms with E-state index in [9.17, 15) is 4.79 Å². The number of aliphatic carboxylic acids is 1. The number of hydrogen-bond acceptors (Lipinski definition) is 5. The molecule has 7 nitrogen and oxygen atoms in total. The van der Waals surface area contributed by atoms with Gasteiger partial charge in [-0.1, -0.05) is 0 Å². The second-order valence-electron chi connectivity index (χ2n) is 3.69. The zero-order chi connectivity index (χ0) is 12.4. The Labute approximate surface area is 97.1 Å². The van der Waals surface area contributed by atoms with Crippen LogP contribution in [0.3, 0.4) is 0 Å². The van der Waals surface area contributed by atoms with E-state index in [-0.39, 0.29) is 12.8 Å². The quantitative estimate of drug-likeness (QED) is 0.843. The molecule has 2 aromatic heterocycles. The molecule has 7 heteroatoms. The minimum Gasteiger partial charge on any atom is -0.481 e. The molecule has 0 aliphatic heterocycles.